The van der Waals surface area contributed by atoms with Crippen molar-refractivity contribution in [3.05, 3.63) is 0 Å². The van der Waals surface area contributed by atoms with Gasteiger partial charge in [0.15, 0.2) is 0 Å². The molecule has 5 heteroatoms. The van der Waals surface area contributed by atoms with Crippen molar-refractivity contribution in [3.63, 3.8) is 0 Å². The van der Waals surface area contributed by atoms with E-state index in [1.165, 1.54) is 32.1 Å². The molecule has 138 valence electrons. The number of likely N-dealkylation sites (N-methyl/N-ethyl adjacent to an activating group) is 1. The fourth-order valence-electron chi connectivity index (χ4n) is 4.45. The number of carbonyl (C=O) groups excluding carboxylic acids is 1. The normalized spacial score (nSPS) is 30.6. The Kier molecular flexibility index (Phi) is 6.93. The number of rotatable bonds is 5. The molecule has 0 aromatic rings. The Morgan fingerprint density at radius 3 is 2.71 bits per heavy atom. The van der Waals surface area contributed by atoms with Crippen molar-refractivity contribution in [1.29, 1.82) is 0 Å². The Bertz CT molecular complexity index is 392. The monoisotopic (exact) mass is 338 g/mol. The number of ether oxygens (including phenoxy) is 2. The van der Waals surface area contributed by atoms with Crippen LogP contribution in [-0.4, -0.2) is 74.4 Å². The van der Waals surface area contributed by atoms with E-state index in [-0.39, 0.29) is 6.10 Å². The molecular formula is C19H34N2O3. The number of hydrogen-bond donors (Lipinski definition) is 0. The summed E-state index contributed by atoms with van der Waals surface area (Å²) in [6.07, 6.45) is 9.64. The number of nitrogens with zero attached hydrogens (tertiary/aromatic N) is 2. The van der Waals surface area contributed by atoms with Crippen LogP contribution in [-0.2, 0) is 14.3 Å². The molecule has 24 heavy (non-hydrogen) atoms. The lowest BCUT2D eigenvalue weighted by Gasteiger charge is -2.32. The highest BCUT2D eigenvalue weighted by Gasteiger charge is 2.28. The highest BCUT2D eigenvalue weighted by molar-refractivity contribution is 5.76. The maximum Gasteiger partial charge on any atom is 0.222 e. The molecule has 2 atom stereocenters. The van der Waals surface area contributed by atoms with E-state index >= 15 is 0 Å². The predicted octanol–water partition coefficient (Wildman–Crippen LogP) is 2.29. The molecule has 5 nitrogen and oxygen atoms in total. The maximum absolute atomic E-state index is 12.5. The Morgan fingerprint density at radius 1 is 1.12 bits per heavy atom. The van der Waals surface area contributed by atoms with Crippen LogP contribution in [0, 0.1) is 5.92 Å². The molecule has 1 amide bonds. The van der Waals surface area contributed by atoms with Gasteiger partial charge >= 0.3 is 0 Å². The Morgan fingerprint density at radius 2 is 1.96 bits per heavy atom. The summed E-state index contributed by atoms with van der Waals surface area (Å²) in [7, 11) is 2.17. The highest BCUT2D eigenvalue weighted by atomic mass is 16.6. The van der Waals surface area contributed by atoms with Gasteiger partial charge < -0.3 is 19.3 Å². The summed E-state index contributed by atoms with van der Waals surface area (Å²) in [5.74, 6) is 1.11. The first kappa shape index (κ1) is 18.2. The number of amides is 1. The lowest BCUT2D eigenvalue weighted by Crippen LogP contribution is -2.43. The molecule has 1 saturated carbocycles. The third-order valence-corrected chi connectivity index (χ3v) is 5.98. The molecule has 0 aromatic carbocycles. The van der Waals surface area contributed by atoms with Gasteiger partial charge in [0.2, 0.25) is 5.91 Å². The smallest absolute Gasteiger partial charge is 0.222 e. The molecule has 0 bridgehead atoms. The standard InChI is InChI=1S/C19H34N2O3/c1-20(14-18-15-23-11-12-24-18)17-7-8-19(22)21(10-9-17)13-16-5-3-2-4-6-16/h16-18H,2-15H2,1H3. The van der Waals surface area contributed by atoms with Gasteiger partial charge in [-0.1, -0.05) is 19.3 Å². The van der Waals surface area contributed by atoms with Gasteiger partial charge in [-0.25, -0.2) is 0 Å². The summed E-state index contributed by atoms with van der Waals surface area (Å²) in [6.45, 7) is 4.94. The topological polar surface area (TPSA) is 42.0 Å². The SMILES string of the molecule is CN(CC1COCCO1)C1CCC(=O)N(CC2CCCCC2)CC1. The van der Waals surface area contributed by atoms with E-state index in [4.69, 9.17) is 9.47 Å². The fraction of sp³-hybridized carbons (Fsp3) is 0.947. The zero-order valence-corrected chi connectivity index (χ0v) is 15.3. The van der Waals surface area contributed by atoms with Crippen molar-refractivity contribution in [3.8, 4) is 0 Å². The van der Waals surface area contributed by atoms with E-state index in [9.17, 15) is 4.79 Å². The molecule has 0 N–H and O–H groups in total. The molecule has 2 unspecified atom stereocenters. The van der Waals surface area contributed by atoms with Crippen molar-refractivity contribution in [2.75, 3.05) is 46.5 Å². The molecule has 0 radical (unpaired) electrons. The number of likely N-dealkylation sites (tertiary alicyclic amines) is 1. The molecule has 3 fully saturated rings. The Balaban J connectivity index is 1.46. The largest absolute Gasteiger partial charge is 0.376 e. The zero-order valence-electron chi connectivity index (χ0n) is 15.3. The average Bonchev–Trinajstić information content (AvgIpc) is 2.79. The average molecular weight is 338 g/mol. The van der Waals surface area contributed by atoms with Gasteiger partial charge in [0.05, 0.1) is 25.9 Å². The fourth-order valence-corrected chi connectivity index (χ4v) is 4.45. The second kappa shape index (κ2) is 9.16. The van der Waals surface area contributed by atoms with E-state index in [2.05, 4.69) is 16.8 Å². The van der Waals surface area contributed by atoms with Crippen LogP contribution in [0.4, 0.5) is 0 Å². The third kappa shape index (κ3) is 5.17. The molecule has 2 aliphatic heterocycles. The van der Waals surface area contributed by atoms with E-state index in [0.29, 0.717) is 38.2 Å². The van der Waals surface area contributed by atoms with Crippen molar-refractivity contribution < 1.29 is 14.3 Å². The van der Waals surface area contributed by atoms with Gasteiger partial charge in [-0.15, -0.1) is 0 Å². The molecule has 3 aliphatic rings. The first-order valence-corrected chi connectivity index (χ1v) is 9.89. The molecule has 2 saturated heterocycles. The molecule has 2 heterocycles. The second-order valence-corrected chi connectivity index (χ2v) is 7.83. The summed E-state index contributed by atoms with van der Waals surface area (Å²) < 4.78 is 11.3. The summed E-state index contributed by atoms with van der Waals surface area (Å²) in [4.78, 5) is 17.1. The van der Waals surface area contributed by atoms with Crippen LogP contribution in [0.15, 0.2) is 0 Å². The zero-order chi connectivity index (χ0) is 16.8. The molecule has 0 spiro atoms. The van der Waals surface area contributed by atoms with Crippen LogP contribution < -0.4 is 0 Å². The minimum Gasteiger partial charge on any atom is -0.376 e. The third-order valence-electron chi connectivity index (χ3n) is 5.98. The summed E-state index contributed by atoms with van der Waals surface area (Å²) in [5.41, 5.74) is 0. The van der Waals surface area contributed by atoms with Crippen LogP contribution >= 0.6 is 0 Å². The summed E-state index contributed by atoms with van der Waals surface area (Å²) in [6, 6.07) is 0.482. The summed E-state index contributed by atoms with van der Waals surface area (Å²) in [5, 5.41) is 0. The van der Waals surface area contributed by atoms with Crippen molar-refractivity contribution >= 4 is 5.91 Å². The Hall–Kier alpha value is -0.650. The van der Waals surface area contributed by atoms with E-state index < -0.39 is 0 Å². The number of hydrogen-bond acceptors (Lipinski definition) is 4. The maximum atomic E-state index is 12.5. The summed E-state index contributed by atoms with van der Waals surface area (Å²) >= 11 is 0. The predicted molar refractivity (Wildman–Crippen MR) is 94.0 cm³/mol. The van der Waals surface area contributed by atoms with Crippen molar-refractivity contribution in [2.24, 2.45) is 5.92 Å². The van der Waals surface area contributed by atoms with Gasteiger partial charge in [-0.2, -0.15) is 0 Å². The van der Waals surface area contributed by atoms with E-state index in [1.54, 1.807) is 0 Å². The van der Waals surface area contributed by atoms with Gasteiger partial charge in [0, 0.05) is 32.1 Å². The quantitative estimate of drug-likeness (QED) is 0.771. The number of carbonyl (C=O) groups is 1. The van der Waals surface area contributed by atoms with Crippen LogP contribution in [0.2, 0.25) is 0 Å². The molecule has 0 aromatic heterocycles. The van der Waals surface area contributed by atoms with E-state index in [1.807, 2.05) is 0 Å². The van der Waals surface area contributed by atoms with Crippen molar-refractivity contribution in [1.82, 2.24) is 9.80 Å². The minimum atomic E-state index is 0.182. The highest BCUT2D eigenvalue weighted by Crippen LogP contribution is 2.26. The van der Waals surface area contributed by atoms with Gasteiger partial charge in [0.1, 0.15) is 0 Å². The minimum absolute atomic E-state index is 0.182. The van der Waals surface area contributed by atoms with Crippen LogP contribution in [0.3, 0.4) is 0 Å². The van der Waals surface area contributed by atoms with Gasteiger partial charge in [-0.3, -0.25) is 4.79 Å². The van der Waals surface area contributed by atoms with Crippen LogP contribution in [0.25, 0.3) is 0 Å². The Labute approximate surface area is 146 Å². The van der Waals surface area contributed by atoms with Crippen LogP contribution in [0.1, 0.15) is 51.4 Å². The second-order valence-electron chi connectivity index (χ2n) is 7.83. The first-order chi connectivity index (χ1) is 11.7. The van der Waals surface area contributed by atoms with Gasteiger partial charge in [0.25, 0.3) is 0 Å². The lowest BCUT2D eigenvalue weighted by molar-refractivity contribution is -0.131. The first-order valence-electron chi connectivity index (χ1n) is 9.89. The molecular weight excluding hydrogens is 304 g/mol. The molecule has 1 aliphatic carbocycles. The molecule has 3 rings (SSSR count). The van der Waals surface area contributed by atoms with Crippen molar-refractivity contribution in [2.45, 2.75) is 63.5 Å². The van der Waals surface area contributed by atoms with Crippen LogP contribution in [0.5, 0.6) is 0 Å². The van der Waals surface area contributed by atoms with E-state index in [0.717, 1.165) is 38.4 Å². The lowest BCUT2D eigenvalue weighted by atomic mass is 9.89. The van der Waals surface area contributed by atoms with Gasteiger partial charge in [-0.05, 0) is 38.6 Å².